The minimum Gasteiger partial charge on any atom is -0.508 e. The summed E-state index contributed by atoms with van der Waals surface area (Å²) >= 11 is 0. The Kier molecular flexibility index (Phi) is 5.77. The van der Waals surface area contributed by atoms with Gasteiger partial charge in [0.05, 0.1) is 10.9 Å². The number of nitrogens with zero attached hydrogens (tertiary/aromatic N) is 6. The predicted molar refractivity (Wildman–Crippen MR) is 152 cm³/mol. The standard InChI is InChI=1S/C30H29F2N7O/c1-4-21-24(31)8-5-16-9-20(40)10-22(25(16)21)27-26(32)28-23(11-33-27)29(38-12-17-6-7-18(13-38)34-17)36-30(35-28)39-14-19(15-39)37(2)3/h1,5,8-11,17-19,34,40H,6-7,12-15H2,2-3H3/t17-,18+. The number of terminal acetylenes is 1. The molecule has 2 aromatic heterocycles. The van der Waals surface area contributed by atoms with Crippen molar-refractivity contribution in [3.63, 3.8) is 0 Å². The molecule has 204 valence electrons. The first-order chi connectivity index (χ1) is 19.3. The van der Waals surface area contributed by atoms with E-state index in [1.807, 2.05) is 14.1 Å². The number of halogens is 2. The van der Waals surface area contributed by atoms with E-state index in [1.54, 1.807) is 6.20 Å². The van der Waals surface area contributed by atoms with E-state index in [0.29, 0.717) is 46.1 Å². The van der Waals surface area contributed by atoms with Gasteiger partial charge in [-0.1, -0.05) is 12.0 Å². The number of aromatic hydroxyl groups is 1. The number of nitrogens with one attached hydrogen (secondary N) is 1. The Morgan fingerprint density at radius 2 is 1.80 bits per heavy atom. The number of pyridine rings is 1. The van der Waals surface area contributed by atoms with Gasteiger partial charge >= 0.3 is 0 Å². The van der Waals surface area contributed by atoms with E-state index in [2.05, 4.69) is 30.9 Å². The minimum absolute atomic E-state index is 0.00976. The highest BCUT2D eigenvalue weighted by Gasteiger charge is 2.36. The number of fused-ring (bicyclic) bond motifs is 4. The maximum Gasteiger partial charge on any atom is 0.228 e. The van der Waals surface area contributed by atoms with Crippen LogP contribution in [0.3, 0.4) is 0 Å². The van der Waals surface area contributed by atoms with Gasteiger partial charge in [0.1, 0.15) is 28.6 Å². The second kappa shape index (κ2) is 9.25. The van der Waals surface area contributed by atoms with E-state index in [1.165, 1.54) is 24.3 Å². The molecule has 2 aromatic carbocycles. The van der Waals surface area contributed by atoms with Gasteiger partial charge in [0.2, 0.25) is 5.95 Å². The molecule has 2 N–H and O–H groups in total. The molecular formula is C30H29F2N7O. The largest absolute Gasteiger partial charge is 0.508 e. The van der Waals surface area contributed by atoms with Gasteiger partial charge in [0, 0.05) is 61.5 Å². The first-order valence-electron chi connectivity index (χ1n) is 13.5. The molecule has 3 saturated heterocycles. The number of aromatic nitrogens is 3. The Morgan fingerprint density at radius 3 is 2.50 bits per heavy atom. The maximum absolute atomic E-state index is 16.6. The van der Waals surface area contributed by atoms with Crippen LogP contribution in [0.25, 0.3) is 32.9 Å². The predicted octanol–water partition coefficient (Wildman–Crippen LogP) is 3.50. The van der Waals surface area contributed by atoms with Gasteiger partial charge in [-0.05, 0) is 50.5 Å². The molecule has 0 amide bonds. The first kappa shape index (κ1) is 24.9. The minimum atomic E-state index is -0.663. The third kappa shape index (κ3) is 3.92. The molecule has 4 aromatic rings. The van der Waals surface area contributed by atoms with Crippen LogP contribution in [0, 0.1) is 24.0 Å². The van der Waals surface area contributed by atoms with E-state index >= 15 is 4.39 Å². The van der Waals surface area contributed by atoms with E-state index in [9.17, 15) is 9.50 Å². The highest BCUT2D eigenvalue weighted by atomic mass is 19.1. The van der Waals surface area contributed by atoms with Crippen LogP contribution in [-0.2, 0) is 0 Å². The lowest BCUT2D eigenvalue weighted by Gasteiger charge is -2.43. The summed E-state index contributed by atoms with van der Waals surface area (Å²) in [5, 5.41) is 15.4. The molecular weight excluding hydrogens is 512 g/mol. The van der Waals surface area contributed by atoms with E-state index < -0.39 is 11.6 Å². The highest BCUT2D eigenvalue weighted by molar-refractivity contribution is 6.03. The van der Waals surface area contributed by atoms with Crippen LogP contribution in [0.5, 0.6) is 5.75 Å². The van der Waals surface area contributed by atoms with Crippen LogP contribution in [0.2, 0.25) is 0 Å². The fourth-order valence-electron chi connectivity index (χ4n) is 6.27. The summed E-state index contributed by atoms with van der Waals surface area (Å²) in [6.45, 7) is 3.03. The SMILES string of the molecule is C#Cc1c(F)ccc2cc(O)cc(-c3ncc4c(N5C[C@H]6CC[C@@H](C5)N6)nc(N5CC(N(C)C)C5)nc4c3F)c12. The topological polar surface area (TPSA) is 80.7 Å². The molecule has 0 aliphatic carbocycles. The Hall–Kier alpha value is -4.07. The third-order valence-electron chi connectivity index (χ3n) is 8.49. The van der Waals surface area contributed by atoms with E-state index in [-0.39, 0.29) is 28.1 Å². The number of anilines is 2. The van der Waals surface area contributed by atoms with E-state index in [4.69, 9.17) is 16.4 Å². The second-order valence-corrected chi connectivity index (χ2v) is 11.3. The maximum atomic E-state index is 16.6. The smallest absolute Gasteiger partial charge is 0.228 e. The van der Waals surface area contributed by atoms with Crippen molar-refractivity contribution >= 4 is 33.4 Å². The molecule has 5 heterocycles. The molecule has 8 nitrogen and oxygen atoms in total. The van der Waals surface area contributed by atoms with Crippen molar-refractivity contribution in [1.29, 1.82) is 0 Å². The quantitative estimate of drug-likeness (QED) is 0.380. The van der Waals surface area contributed by atoms with Crippen LogP contribution in [-0.4, -0.2) is 83.4 Å². The Labute approximate surface area is 230 Å². The molecule has 2 atom stereocenters. The third-order valence-corrected chi connectivity index (χ3v) is 8.49. The van der Waals surface area contributed by atoms with Crippen LogP contribution in [0.4, 0.5) is 20.5 Å². The van der Waals surface area contributed by atoms with Gasteiger partial charge in [-0.15, -0.1) is 6.42 Å². The molecule has 10 heteroatoms. The zero-order valence-corrected chi connectivity index (χ0v) is 22.3. The Morgan fingerprint density at radius 1 is 1.05 bits per heavy atom. The fraction of sp³-hybridized carbons (Fsp3) is 0.367. The van der Waals surface area contributed by atoms with Crippen molar-refractivity contribution in [3.8, 4) is 29.4 Å². The summed E-state index contributed by atoms with van der Waals surface area (Å²) in [4.78, 5) is 20.6. The molecule has 3 aliphatic heterocycles. The number of likely N-dealkylation sites (N-methyl/N-ethyl adjacent to an activating group) is 1. The summed E-state index contributed by atoms with van der Waals surface area (Å²) in [6.07, 6.45) is 9.44. The summed E-state index contributed by atoms with van der Waals surface area (Å²) in [6, 6.07) is 6.69. The Balaban J connectivity index is 1.43. The molecule has 40 heavy (non-hydrogen) atoms. The summed E-state index contributed by atoms with van der Waals surface area (Å²) in [7, 11) is 4.07. The fourth-order valence-corrected chi connectivity index (χ4v) is 6.27. The molecule has 0 radical (unpaired) electrons. The first-order valence-corrected chi connectivity index (χ1v) is 13.5. The number of phenols is 1. The zero-order valence-electron chi connectivity index (χ0n) is 22.3. The number of hydrogen-bond acceptors (Lipinski definition) is 8. The summed E-state index contributed by atoms with van der Waals surface area (Å²) in [5.41, 5.74) is 0.283. The van der Waals surface area contributed by atoms with Gasteiger partial charge in [-0.2, -0.15) is 4.98 Å². The molecule has 0 saturated carbocycles. The molecule has 7 rings (SSSR count). The lowest BCUT2D eigenvalue weighted by molar-refractivity contribution is 0.245. The summed E-state index contributed by atoms with van der Waals surface area (Å²) in [5.74, 6) is 2.16. The van der Waals surface area contributed by atoms with Crippen molar-refractivity contribution in [1.82, 2.24) is 25.2 Å². The van der Waals surface area contributed by atoms with Crippen LogP contribution in [0.1, 0.15) is 18.4 Å². The molecule has 3 aliphatic rings. The number of phenolic OH excluding ortho intramolecular Hbond substituents is 1. The Bertz CT molecular complexity index is 1700. The van der Waals surface area contributed by atoms with Crippen molar-refractivity contribution in [2.75, 3.05) is 50.1 Å². The van der Waals surface area contributed by atoms with Crippen molar-refractivity contribution in [2.24, 2.45) is 0 Å². The lowest BCUT2D eigenvalue weighted by Crippen LogP contribution is -2.58. The van der Waals surface area contributed by atoms with Crippen LogP contribution >= 0.6 is 0 Å². The highest BCUT2D eigenvalue weighted by Crippen LogP contribution is 2.39. The van der Waals surface area contributed by atoms with Gasteiger partial charge in [-0.3, -0.25) is 4.98 Å². The molecule has 0 unspecified atom stereocenters. The summed E-state index contributed by atoms with van der Waals surface area (Å²) < 4.78 is 31.3. The molecule has 2 bridgehead atoms. The van der Waals surface area contributed by atoms with Gasteiger partial charge < -0.3 is 25.1 Å². The monoisotopic (exact) mass is 541 g/mol. The number of piperazine rings is 1. The van der Waals surface area contributed by atoms with Gasteiger partial charge in [0.25, 0.3) is 0 Å². The van der Waals surface area contributed by atoms with Crippen molar-refractivity contribution in [2.45, 2.75) is 31.0 Å². The molecule has 3 fully saturated rings. The number of benzene rings is 2. The van der Waals surface area contributed by atoms with Crippen molar-refractivity contribution in [3.05, 3.63) is 47.7 Å². The van der Waals surface area contributed by atoms with E-state index in [0.717, 1.165) is 39.0 Å². The number of hydrogen-bond donors (Lipinski definition) is 2. The molecule has 0 spiro atoms. The average Bonchev–Trinajstić information content (AvgIpc) is 3.24. The van der Waals surface area contributed by atoms with Gasteiger partial charge in [-0.25, -0.2) is 13.8 Å². The normalized spacial score (nSPS) is 20.9. The second-order valence-electron chi connectivity index (χ2n) is 11.3. The van der Waals surface area contributed by atoms with Crippen LogP contribution < -0.4 is 15.1 Å². The number of rotatable bonds is 4. The van der Waals surface area contributed by atoms with Crippen LogP contribution in [0.15, 0.2) is 30.5 Å². The zero-order chi connectivity index (χ0) is 27.7. The lowest BCUT2D eigenvalue weighted by atomic mass is 9.96. The van der Waals surface area contributed by atoms with Gasteiger partial charge in [0.15, 0.2) is 5.82 Å². The van der Waals surface area contributed by atoms with Crippen molar-refractivity contribution < 1.29 is 13.9 Å². The average molecular weight is 542 g/mol.